The van der Waals surface area contributed by atoms with E-state index in [0.29, 0.717) is 17.9 Å². The molecular formula is C16H21N3O3. The third-order valence-corrected chi connectivity index (χ3v) is 2.88. The zero-order chi connectivity index (χ0) is 16.5. The third-order valence-electron chi connectivity index (χ3n) is 2.88. The minimum Gasteiger partial charge on any atom is -0.482 e. The summed E-state index contributed by atoms with van der Waals surface area (Å²) in [6.07, 6.45) is 0. The zero-order valence-electron chi connectivity index (χ0n) is 13.1. The lowest BCUT2D eigenvalue weighted by Gasteiger charge is -2.21. The molecule has 0 saturated heterocycles. The van der Waals surface area contributed by atoms with Crippen LogP contribution in [-0.2, 0) is 9.59 Å². The number of nitriles is 1. The highest BCUT2D eigenvalue weighted by Crippen LogP contribution is 2.16. The van der Waals surface area contributed by atoms with E-state index < -0.39 is 0 Å². The monoisotopic (exact) mass is 303 g/mol. The van der Waals surface area contributed by atoms with E-state index in [-0.39, 0.29) is 31.0 Å². The molecule has 0 aliphatic carbocycles. The molecular weight excluding hydrogens is 282 g/mol. The van der Waals surface area contributed by atoms with E-state index in [1.165, 1.54) is 4.90 Å². The van der Waals surface area contributed by atoms with E-state index in [1.54, 1.807) is 31.2 Å². The van der Waals surface area contributed by atoms with Gasteiger partial charge in [-0.05, 0) is 32.9 Å². The molecule has 1 rings (SSSR count). The molecule has 1 aromatic rings. The van der Waals surface area contributed by atoms with Crippen LogP contribution in [0, 0.1) is 11.3 Å². The Labute approximate surface area is 130 Å². The number of carbonyl (C=O) groups is 2. The second-order valence-electron chi connectivity index (χ2n) is 5.03. The third kappa shape index (κ3) is 5.44. The van der Waals surface area contributed by atoms with E-state index in [1.807, 2.05) is 19.9 Å². The lowest BCUT2D eigenvalue weighted by molar-refractivity contribution is -0.137. The molecule has 2 amide bonds. The van der Waals surface area contributed by atoms with Gasteiger partial charge in [-0.3, -0.25) is 9.59 Å². The second kappa shape index (κ2) is 8.67. The Bertz CT molecular complexity index is 564. The average molecular weight is 303 g/mol. The summed E-state index contributed by atoms with van der Waals surface area (Å²) in [5.41, 5.74) is 0.371. The topological polar surface area (TPSA) is 82.4 Å². The molecule has 1 aromatic carbocycles. The summed E-state index contributed by atoms with van der Waals surface area (Å²) in [5.74, 6) is -0.141. The van der Waals surface area contributed by atoms with Crippen molar-refractivity contribution >= 4 is 11.8 Å². The van der Waals surface area contributed by atoms with Crippen molar-refractivity contribution in [3.05, 3.63) is 29.8 Å². The summed E-state index contributed by atoms with van der Waals surface area (Å²) < 4.78 is 5.39. The molecule has 0 unspecified atom stereocenters. The predicted molar refractivity (Wildman–Crippen MR) is 82.2 cm³/mol. The van der Waals surface area contributed by atoms with Gasteiger partial charge in [0.25, 0.3) is 5.91 Å². The molecule has 0 aromatic heterocycles. The normalized spacial score (nSPS) is 9.95. The quantitative estimate of drug-likeness (QED) is 0.823. The standard InChI is InChI=1S/C16H21N3O3/c1-4-19(10-15(20)18-12(2)3)16(21)11-22-14-8-6-5-7-13(14)9-17/h5-8,12H,4,10-11H2,1-3H3,(H,18,20). The summed E-state index contributed by atoms with van der Waals surface area (Å²) in [5, 5.41) is 11.7. The van der Waals surface area contributed by atoms with Crippen LogP contribution in [-0.4, -0.2) is 42.5 Å². The fraction of sp³-hybridized carbons (Fsp3) is 0.438. The van der Waals surface area contributed by atoms with Gasteiger partial charge in [-0.1, -0.05) is 12.1 Å². The molecule has 0 aliphatic rings. The number of nitrogens with zero attached hydrogens (tertiary/aromatic N) is 2. The summed E-state index contributed by atoms with van der Waals surface area (Å²) in [6, 6.07) is 8.74. The number of benzene rings is 1. The van der Waals surface area contributed by atoms with Crippen molar-refractivity contribution in [2.45, 2.75) is 26.8 Å². The highest BCUT2D eigenvalue weighted by molar-refractivity contribution is 5.85. The molecule has 0 heterocycles. The lowest BCUT2D eigenvalue weighted by Crippen LogP contribution is -2.44. The maximum atomic E-state index is 12.1. The first-order chi connectivity index (χ1) is 10.5. The largest absolute Gasteiger partial charge is 0.482 e. The first kappa shape index (κ1) is 17.5. The number of ether oxygens (including phenoxy) is 1. The SMILES string of the molecule is CCN(CC(=O)NC(C)C)C(=O)COc1ccccc1C#N. The number of hydrogen-bond donors (Lipinski definition) is 1. The van der Waals surface area contributed by atoms with E-state index in [9.17, 15) is 9.59 Å². The first-order valence-electron chi connectivity index (χ1n) is 7.17. The highest BCUT2D eigenvalue weighted by atomic mass is 16.5. The van der Waals surface area contributed by atoms with Crippen molar-refractivity contribution in [1.29, 1.82) is 5.26 Å². The van der Waals surface area contributed by atoms with Gasteiger partial charge in [0.2, 0.25) is 5.91 Å². The number of rotatable bonds is 7. The van der Waals surface area contributed by atoms with E-state index in [4.69, 9.17) is 10.00 Å². The second-order valence-corrected chi connectivity index (χ2v) is 5.03. The molecule has 118 valence electrons. The van der Waals surface area contributed by atoms with Crippen molar-refractivity contribution in [3.8, 4) is 11.8 Å². The number of para-hydroxylation sites is 1. The predicted octanol–water partition coefficient (Wildman–Crippen LogP) is 1.31. The molecule has 0 fully saturated rings. The number of carbonyl (C=O) groups excluding carboxylic acids is 2. The highest BCUT2D eigenvalue weighted by Gasteiger charge is 2.17. The Hall–Kier alpha value is -2.55. The summed E-state index contributed by atoms with van der Waals surface area (Å²) in [4.78, 5) is 25.2. The molecule has 0 aliphatic heterocycles. The van der Waals surface area contributed by atoms with Crippen LogP contribution in [0.1, 0.15) is 26.3 Å². The Morgan fingerprint density at radius 2 is 2.05 bits per heavy atom. The van der Waals surface area contributed by atoms with Crippen LogP contribution < -0.4 is 10.1 Å². The zero-order valence-corrected chi connectivity index (χ0v) is 13.1. The van der Waals surface area contributed by atoms with Gasteiger partial charge in [0.1, 0.15) is 11.8 Å². The summed E-state index contributed by atoms with van der Waals surface area (Å²) in [6.45, 7) is 5.71. The number of nitrogens with one attached hydrogen (secondary N) is 1. The average Bonchev–Trinajstić information content (AvgIpc) is 2.49. The molecule has 0 spiro atoms. The first-order valence-corrected chi connectivity index (χ1v) is 7.17. The Kier molecular flexibility index (Phi) is 6.90. The van der Waals surface area contributed by atoms with Gasteiger partial charge >= 0.3 is 0 Å². The molecule has 0 atom stereocenters. The van der Waals surface area contributed by atoms with Crippen LogP contribution in [0.3, 0.4) is 0 Å². The van der Waals surface area contributed by atoms with Crippen LogP contribution in [0.5, 0.6) is 5.75 Å². The molecule has 0 bridgehead atoms. The van der Waals surface area contributed by atoms with Gasteiger partial charge in [-0.15, -0.1) is 0 Å². The van der Waals surface area contributed by atoms with Gasteiger partial charge in [0.05, 0.1) is 12.1 Å². The smallest absolute Gasteiger partial charge is 0.260 e. The van der Waals surface area contributed by atoms with Crippen LogP contribution in [0.4, 0.5) is 0 Å². The molecule has 6 nitrogen and oxygen atoms in total. The van der Waals surface area contributed by atoms with Gasteiger partial charge in [0, 0.05) is 12.6 Å². The van der Waals surface area contributed by atoms with Crippen molar-refractivity contribution in [1.82, 2.24) is 10.2 Å². The summed E-state index contributed by atoms with van der Waals surface area (Å²) >= 11 is 0. The van der Waals surface area contributed by atoms with Crippen LogP contribution in [0.25, 0.3) is 0 Å². The number of amides is 2. The van der Waals surface area contributed by atoms with Crippen molar-refractivity contribution < 1.29 is 14.3 Å². The van der Waals surface area contributed by atoms with E-state index in [2.05, 4.69) is 5.32 Å². The van der Waals surface area contributed by atoms with Crippen LogP contribution in [0.15, 0.2) is 24.3 Å². The number of hydrogen-bond acceptors (Lipinski definition) is 4. The van der Waals surface area contributed by atoms with Crippen LogP contribution in [0.2, 0.25) is 0 Å². The molecule has 0 saturated carbocycles. The van der Waals surface area contributed by atoms with Gasteiger partial charge in [0.15, 0.2) is 6.61 Å². The Morgan fingerprint density at radius 3 is 2.64 bits per heavy atom. The minimum absolute atomic E-state index is 0.00320. The van der Waals surface area contributed by atoms with Crippen LogP contribution >= 0.6 is 0 Å². The van der Waals surface area contributed by atoms with E-state index >= 15 is 0 Å². The lowest BCUT2D eigenvalue weighted by atomic mass is 10.2. The molecule has 0 radical (unpaired) electrons. The number of likely N-dealkylation sites (N-methyl/N-ethyl adjacent to an activating group) is 1. The Morgan fingerprint density at radius 1 is 1.36 bits per heavy atom. The van der Waals surface area contributed by atoms with Crippen molar-refractivity contribution in [2.75, 3.05) is 19.7 Å². The maximum absolute atomic E-state index is 12.1. The molecule has 22 heavy (non-hydrogen) atoms. The van der Waals surface area contributed by atoms with Crippen molar-refractivity contribution in [3.63, 3.8) is 0 Å². The van der Waals surface area contributed by atoms with Crippen molar-refractivity contribution in [2.24, 2.45) is 0 Å². The van der Waals surface area contributed by atoms with Gasteiger partial charge < -0.3 is 15.0 Å². The molecule has 1 N–H and O–H groups in total. The molecule has 6 heteroatoms. The van der Waals surface area contributed by atoms with Gasteiger partial charge in [-0.25, -0.2) is 0 Å². The van der Waals surface area contributed by atoms with E-state index in [0.717, 1.165) is 0 Å². The Balaban J connectivity index is 2.59. The minimum atomic E-state index is -0.297. The van der Waals surface area contributed by atoms with Gasteiger partial charge in [-0.2, -0.15) is 5.26 Å². The fourth-order valence-corrected chi connectivity index (χ4v) is 1.83. The maximum Gasteiger partial charge on any atom is 0.260 e. The summed E-state index contributed by atoms with van der Waals surface area (Å²) in [7, 11) is 0. The fourth-order valence-electron chi connectivity index (χ4n) is 1.83.